The molecule has 0 radical (unpaired) electrons. The Bertz CT molecular complexity index is 502. The van der Waals surface area contributed by atoms with E-state index in [0.717, 1.165) is 18.7 Å². The van der Waals surface area contributed by atoms with Crippen LogP contribution in [0, 0.1) is 12.8 Å². The molecular weight excluding hydrogens is 304 g/mol. The molecule has 1 aliphatic rings. The van der Waals surface area contributed by atoms with E-state index in [1.165, 1.54) is 4.90 Å². The van der Waals surface area contributed by atoms with E-state index in [9.17, 15) is 9.59 Å². The summed E-state index contributed by atoms with van der Waals surface area (Å²) in [5, 5.41) is 0.282. The molecule has 0 aliphatic carbocycles. The summed E-state index contributed by atoms with van der Waals surface area (Å²) < 4.78 is 0. The maximum Gasteiger partial charge on any atom is 0.232 e. The molecular formula is C15H25ClN4O2. The van der Waals surface area contributed by atoms with E-state index in [-0.39, 0.29) is 30.4 Å². The van der Waals surface area contributed by atoms with E-state index in [2.05, 4.69) is 15.0 Å². The van der Waals surface area contributed by atoms with Gasteiger partial charge < -0.3 is 0 Å². The molecule has 1 aromatic rings. The molecule has 7 heteroatoms. The van der Waals surface area contributed by atoms with E-state index >= 15 is 0 Å². The van der Waals surface area contributed by atoms with Crippen molar-refractivity contribution in [3.8, 4) is 0 Å². The zero-order valence-electron chi connectivity index (χ0n) is 12.9. The van der Waals surface area contributed by atoms with Crippen LogP contribution in [0.3, 0.4) is 0 Å². The molecule has 22 heavy (non-hydrogen) atoms. The Labute approximate surface area is 137 Å². The Morgan fingerprint density at radius 1 is 1.23 bits per heavy atom. The summed E-state index contributed by atoms with van der Waals surface area (Å²) in [5.74, 6) is 1.32. The lowest BCUT2D eigenvalue weighted by Crippen LogP contribution is -2.30. The SMILES string of the molecule is C.CCCN1C(=O)CC(C)C1=O.CCc1nc(C)nc(Cl)n1. The summed E-state index contributed by atoms with van der Waals surface area (Å²) in [5.41, 5.74) is 0. The molecule has 2 rings (SSSR count). The van der Waals surface area contributed by atoms with Crippen LogP contribution in [-0.4, -0.2) is 38.2 Å². The van der Waals surface area contributed by atoms with Gasteiger partial charge in [-0.15, -0.1) is 0 Å². The summed E-state index contributed by atoms with van der Waals surface area (Å²) in [4.78, 5) is 35.4. The van der Waals surface area contributed by atoms with E-state index < -0.39 is 0 Å². The van der Waals surface area contributed by atoms with Crippen molar-refractivity contribution in [3.63, 3.8) is 0 Å². The fourth-order valence-corrected chi connectivity index (χ4v) is 2.19. The van der Waals surface area contributed by atoms with Gasteiger partial charge in [0, 0.05) is 25.3 Å². The fraction of sp³-hybridized carbons (Fsp3) is 0.667. The van der Waals surface area contributed by atoms with Gasteiger partial charge in [-0.3, -0.25) is 14.5 Å². The second kappa shape index (κ2) is 9.46. The van der Waals surface area contributed by atoms with Gasteiger partial charge in [-0.1, -0.05) is 28.2 Å². The first kappa shape index (κ1) is 20.4. The zero-order chi connectivity index (χ0) is 16.0. The van der Waals surface area contributed by atoms with Crippen LogP contribution in [0.15, 0.2) is 0 Å². The molecule has 0 saturated carbocycles. The van der Waals surface area contributed by atoms with Crippen LogP contribution in [0.1, 0.15) is 52.7 Å². The first-order chi connectivity index (χ1) is 9.88. The van der Waals surface area contributed by atoms with Crippen LogP contribution in [0.4, 0.5) is 0 Å². The van der Waals surface area contributed by atoms with Gasteiger partial charge in [0.2, 0.25) is 17.1 Å². The summed E-state index contributed by atoms with van der Waals surface area (Å²) in [7, 11) is 0. The lowest BCUT2D eigenvalue weighted by atomic mass is 10.1. The highest BCUT2D eigenvalue weighted by Crippen LogP contribution is 2.18. The van der Waals surface area contributed by atoms with Gasteiger partial charge in [-0.05, 0) is 24.9 Å². The predicted molar refractivity (Wildman–Crippen MR) is 86.5 cm³/mol. The first-order valence-corrected chi connectivity index (χ1v) is 7.48. The number of hydrogen-bond acceptors (Lipinski definition) is 5. The van der Waals surface area contributed by atoms with Gasteiger partial charge in [0.1, 0.15) is 11.6 Å². The van der Waals surface area contributed by atoms with Crippen LogP contribution in [0.2, 0.25) is 5.28 Å². The lowest BCUT2D eigenvalue weighted by molar-refractivity contribution is -0.139. The Morgan fingerprint density at radius 2 is 1.86 bits per heavy atom. The summed E-state index contributed by atoms with van der Waals surface area (Å²) in [6.45, 7) is 8.12. The number of hydrogen-bond donors (Lipinski definition) is 0. The minimum absolute atomic E-state index is 0. The number of likely N-dealkylation sites (tertiary alicyclic amines) is 1. The van der Waals surface area contributed by atoms with Crippen molar-refractivity contribution in [1.82, 2.24) is 19.9 Å². The molecule has 6 nitrogen and oxygen atoms in total. The lowest BCUT2D eigenvalue weighted by Gasteiger charge is -2.11. The quantitative estimate of drug-likeness (QED) is 0.797. The number of aryl methyl sites for hydroxylation is 2. The average Bonchev–Trinajstić information content (AvgIpc) is 2.65. The molecule has 1 aromatic heterocycles. The standard InChI is InChI=1S/C8H13NO2.C6H8ClN3.CH4/c1-3-4-9-7(10)5-6(2)8(9)11;1-3-5-8-4(2)9-6(7)10-5;/h6H,3-5H2,1-2H3;3H2,1-2H3;1H4. The van der Waals surface area contributed by atoms with Gasteiger partial charge in [-0.2, -0.15) is 0 Å². The number of imide groups is 1. The number of carbonyl (C=O) groups is 2. The second-order valence-electron chi connectivity index (χ2n) is 4.91. The largest absolute Gasteiger partial charge is 0.282 e. The second-order valence-corrected chi connectivity index (χ2v) is 5.25. The van der Waals surface area contributed by atoms with Crippen LogP contribution < -0.4 is 0 Å². The van der Waals surface area contributed by atoms with E-state index in [4.69, 9.17) is 11.6 Å². The monoisotopic (exact) mass is 328 g/mol. The van der Waals surface area contributed by atoms with Gasteiger partial charge in [-0.25, -0.2) is 15.0 Å². The maximum atomic E-state index is 11.2. The molecule has 1 aliphatic heterocycles. The third-order valence-corrected chi connectivity index (χ3v) is 3.17. The van der Waals surface area contributed by atoms with Crippen molar-refractivity contribution in [2.75, 3.05) is 6.54 Å². The van der Waals surface area contributed by atoms with Crippen molar-refractivity contribution < 1.29 is 9.59 Å². The van der Waals surface area contributed by atoms with Crippen LogP contribution in [0.25, 0.3) is 0 Å². The van der Waals surface area contributed by atoms with Crippen molar-refractivity contribution in [1.29, 1.82) is 0 Å². The number of amides is 2. The molecule has 0 aromatic carbocycles. The van der Waals surface area contributed by atoms with Crippen molar-refractivity contribution in [3.05, 3.63) is 16.9 Å². The molecule has 0 N–H and O–H groups in total. The highest BCUT2D eigenvalue weighted by atomic mass is 35.5. The number of nitrogens with zero attached hydrogens (tertiary/aromatic N) is 4. The molecule has 0 bridgehead atoms. The molecule has 1 fully saturated rings. The number of halogens is 1. The minimum atomic E-state index is -0.0888. The van der Waals surface area contributed by atoms with Crippen LogP contribution in [0.5, 0.6) is 0 Å². The van der Waals surface area contributed by atoms with E-state index in [1.54, 1.807) is 13.8 Å². The molecule has 2 heterocycles. The fourth-order valence-electron chi connectivity index (χ4n) is 1.97. The Hall–Kier alpha value is -1.56. The molecule has 1 unspecified atom stereocenters. The van der Waals surface area contributed by atoms with Gasteiger partial charge in [0.25, 0.3) is 0 Å². The molecule has 2 amide bonds. The highest BCUT2D eigenvalue weighted by molar-refractivity contribution is 6.28. The maximum absolute atomic E-state index is 11.2. The molecule has 124 valence electrons. The molecule has 1 saturated heterocycles. The van der Waals surface area contributed by atoms with Gasteiger partial charge >= 0.3 is 0 Å². The van der Waals surface area contributed by atoms with E-state index in [1.807, 2.05) is 13.8 Å². The summed E-state index contributed by atoms with van der Waals surface area (Å²) >= 11 is 5.57. The van der Waals surface area contributed by atoms with Crippen molar-refractivity contribution in [2.45, 2.75) is 54.4 Å². The van der Waals surface area contributed by atoms with E-state index in [0.29, 0.717) is 18.8 Å². The van der Waals surface area contributed by atoms with Crippen LogP contribution in [-0.2, 0) is 16.0 Å². The van der Waals surface area contributed by atoms with Crippen molar-refractivity contribution >= 4 is 23.4 Å². The van der Waals surface area contributed by atoms with Gasteiger partial charge in [0.05, 0.1) is 0 Å². The third-order valence-electron chi connectivity index (χ3n) is 3.00. The number of rotatable bonds is 3. The molecule has 1 atom stereocenters. The summed E-state index contributed by atoms with van der Waals surface area (Å²) in [6.07, 6.45) is 2.05. The van der Waals surface area contributed by atoms with Crippen LogP contribution >= 0.6 is 11.6 Å². The predicted octanol–water partition coefficient (Wildman–Crippen LogP) is 2.82. The Morgan fingerprint density at radius 3 is 2.27 bits per heavy atom. The third kappa shape index (κ3) is 5.67. The minimum Gasteiger partial charge on any atom is -0.282 e. The average molecular weight is 329 g/mol. The topological polar surface area (TPSA) is 76.1 Å². The summed E-state index contributed by atoms with van der Waals surface area (Å²) in [6, 6.07) is 0. The Balaban J connectivity index is 0.000000385. The normalized spacial score (nSPS) is 17.0. The Kier molecular flexibility index (Phi) is 8.79. The molecule has 0 spiro atoms. The first-order valence-electron chi connectivity index (χ1n) is 7.10. The zero-order valence-corrected chi connectivity index (χ0v) is 13.6. The number of carbonyl (C=O) groups excluding carboxylic acids is 2. The smallest absolute Gasteiger partial charge is 0.232 e. The number of aromatic nitrogens is 3. The highest BCUT2D eigenvalue weighted by Gasteiger charge is 2.34. The van der Waals surface area contributed by atoms with Crippen molar-refractivity contribution in [2.24, 2.45) is 5.92 Å². The van der Waals surface area contributed by atoms with Gasteiger partial charge in [0.15, 0.2) is 0 Å².